The minimum atomic E-state index is -0.283. The van der Waals surface area contributed by atoms with E-state index >= 15 is 0 Å². The van der Waals surface area contributed by atoms with Crippen molar-refractivity contribution in [2.75, 3.05) is 0 Å². The van der Waals surface area contributed by atoms with Gasteiger partial charge in [0, 0.05) is 0 Å². The van der Waals surface area contributed by atoms with Crippen LogP contribution in [0.4, 0.5) is 0 Å². The summed E-state index contributed by atoms with van der Waals surface area (Å²) in [4.78, 5) is 22.5. The first-order chi connectivity index (χ1) is 13.4. The van der Waals surface area contributed by atoms with Gasteiger partial charge in [0.1, 0.15) is 23.7 Å². The smallest absolute Gasteiger partial charge is 0.237 e. The van der Waals surface area contributed by atoms with E-state index in [9.17, 15) is 9.59 Å². The zero-order valence-corrected chi connectivity index (χ0v) is 16.0. The van der Waals surface area contributed by atoms with Gasteiger partial charge >= 0.3 is 0 Å². The first-order valence-electron chi connectivity index (χ1n) is 8.94. The van der Waals surface area contributed by atoms with E-state index in [0.29, 0.717) is 11.5 Å². The van der Waals surface area contributed by atoms with Crippen LogP contribution >= 0.6 is 0 Å². The van der Waals surface area contributed by atoms with Gasteiger partial charge in [-0.2, -0.15) is 0 Å². The third-order valence-corrected chi connectivity index (χ3v) is 3.98. The summed E-state index contributed by atoms with van der Waals surface area (Å²) >= 11 is 0. The van der Waals surface area contributed by atoms with Gasteiger partial charge in [0.05, 0.1) is 12.8 Å². The fourth-order valence-electron chi connectivity index (χ4n) is 2.64. The van der Waals surface area contributed by atoms with E-state index < -0.39 is 0 Å². The zero-order valence-electron chi connectivity index (χ0n) is 16.0. The second-order valence-electron chi connectivity index (χ2n) is 6.45. The van der Waals surface area contributed by atoms with Gasteiger partial charge in [0.2, 0.25) is 11.8 Å². The first kappa shape index (κ1) is 21.2. The highest BCUT2D eigenvalue weighted by atomic mass is 16.5. The van der Waals surface area contributed by atoms with Crippen LogP contribution in [0, 0.1) is 0 Å². The fourth-order valence-corrected chi connectivity index (χ4v) is 2.64. The molecule has 0 radical (unpaired) electrons. The summed E-state index contributed by atoms with van der Waals surface area (Å²) in [6.45, 7) is 3.61. The molecule has 2 amide bonds. The maximum Gasteiger partial charge on any atom is 0.237 e. The second-order valence-corrected chi connectivity index (χ2v) is 6.45. The predicted molar refractivity (Wildman–Crippen MR) is 106 cm³/mol. The fraction of sp³-hybridized carbons (Fsp3) is 0.300. The predicted octanol–water partition coefficient (Wildman–Crippen LogP) is 1.65. The van der Waals surface area contributed by atoms with Crippen LogP contribution in [-0.4, -0.2) is 24.0 Å². The Morgan fingerprint density at radius 2 is 1.07 bits per heavy atom. The Balaban J connectivity index is 1.94. The third-order valence-electron chi connectivity index (χ3n) is 3.98. The first-order valence-corrected chi connectivity index (χ1v) is 8.94. The van der Waals surface area contributed by atoms with Gasteiger partial charge in [-0.3, -0.25) is 20.4 Å². The molecule has 0 aromatic heterocycles. The summed E-state index contributed by atoms with van der Waals surface area (Å²) in [6.07, 6.45) is -0.195. The van der Waals surface area contributed by atoms with Crippen molar-refractivity contribution in [2.24, 2.45) is 11.7 Å². The molecule has 0 aliphatic heterocycles. The van der Waals surface area contributed by atoms with Crippen LogP contribution in [0.5, 0.6) is 11.5 Å². The quantitative estimate of drug-likeness (QED) is 0.295. The summed E-state index contributed by atoms with van der Waals surface area (Å²) in [6, 6.07) is 15.2. The number of nitrogens with two attached hydrogens (primary N) is 2. The summed E-state index contributed by atoms with van der Waals surface area (Å²) in [5, 5.41) is 0. The third kappa shape index (κ3) is 6.57. The van der Waals surface area contributed by atoms with Crippen molar-refractivity contribution in [3.63, 3.8) is 0 Å². The van der Waals surface area contributed by atoms with Crippen LogP contribution in [0.25, 0.3) is 11.1 Å². The number of hydrazine groups is 2. The number of rotatable bonds is 9. The summed E-state index contributed by atoms with van der Waals surface area (Å²) in [5.41, 5.74) is 6.20. The normalized spacial score (nSPS) is 12.6. The highest BCUT2D eigenvalue weighted by molar-refractivity contribution is 5.76. The number of amides is 2. The van der Waals surface area contributed by atoms with E-state index in [1.807, 2.05) is 48.5 Å². The minimum absolute atomic E-state index is 0.186. The molecule has 8 heteroatoms. The molecular formula is C20H26N4O4. The Kier molecular flexibility index (Phi) is 7.79. The van der Waals surface area contributed by atoms with E-state index in [1.54, 1.807) is 13.8 Å². The number of carbonyl (C=O) groups is 2. The van der Waals surface area contributed by atoms with E-state index in [0.717, 1.165) is 11.1 Å². The average molecular weight is 386 g/mol. The minimum Gasteiger partial charge on any atom is -0.490 e. The van der Waals surface area contributed by atoms with Gasteiger partial charge < -0.3 is 9.47 Å². The molecule has 2 atom stereocenters. The second kappa shape index (κ2) is 10.3. The van der Waals surface area contributed by atoms with Crippen LogP contribution in [0.3, 0.4) is 0 Å². The lowest BCUT2D eigenvalue weighted by molar-refractivity contribution is -0.123. The van der Waals surface area contributed by atoms with Crippen molar-refractivity contribution in [2.45, 2.75) is 38.9 Å². The summed E-state index contributed by atoms with van der Waals surface area (Å²) in [5.74, 6) is 11.0. The molecule has 0 aliphatic carbocycles. The molecule has 8 nitrogen and oxygen atoms in total. The highest BCUT2D eigenvalue weighted by Crippen LogP contribution is 2.25. The molecule has 2 aromatic rings. The van der Waals surface area contributed by atoms with Crippen molar-refractivity contribution in [1.29, 1.82) is 0 Å². The number of benzene rings is 2. The zero-order chi connectivity index (χ0) is 20.5. The SMILES string of the molecule is CC(CC(=O)NN)Oc1ccc(-c2ccc(OC(C)CC(=O)NN)cc2)cc1. The molecule has 0 saturated heterocycles. The molecule has 0 saturated carbocycles. The van der Waals surface area contributed by atoms with Gasteiger partial charge in [-0.15, -0.1) is 0 Å². The molecule has 2 rings (SSSR count). The standard InChI is InChI=1S/C20H26N4O4/c1-13(11-19(25)23-21)27-17-7-3-15(4-8-17)16-5-9-18(10-6-16)28-14(2)12-20(26)24-22/h3-10,13-14H,11-12,21-22H2,1-2H3,(H,23,25)(H,24,26). The van der Waals surface area contributed by atoms with Crippen LogP contribution in [0.2, 0.25) is 0 Å². The lowest BCUT2D eigenvalue weighted by Gasteiger charge is -2.15. The van der Waals surface area contributed by atoms with E-state index in [4.69, 9.17) is 21.2 Å². The van der Waals surface area contributed by atoms with E-state index in [-0.39, 0.29) is 36.9 Å². The Bertz CT molecular complexity index is 710. The van der Waals surface area contributed by atoms with E-state index in [2.05, 4.69) is 10.9 Å². The summed E-state index contributed by atoms with van der Waals surface area (Å²) < 4.78 is 11.4. The molecule has 0 bridgehead atoms. The monoisotopic (exact) mass is 386 g/mol. The van der Waals surface area contributed by atoms with Crippen LogP contribution < -0.4 is 32.0 Å². The van der Waals surface area contributed by atoms with Crippen LogP contribution in [0.15, 0.2) is 48.5 Å². The Morgan fingerprint density at radius 1 is 0.750 bits per heavy atom. The highest BCUT2D eigenvalue weighted by Gasteiger charge is 2.11. The maximum absolute atomic E-state index is 11.3. The molecule has 2 aromatic carbocycles. The van der Waals surface area contributed by atoms with Crippen molar-refractivity contribution in [3.05, 3.63) is 48.5 Å². The van der Waals surface area contributed by atoms with E-state index in [1.165, 1.54) is 0 Å². The Hall–Kier alpha value is -3.10. The van der Waals surface area contributed by atoms with Crippen molar-refractivity contribution in [1.82, 2.24) is 10.9 Å². The number of hydrogen-bond donors (Lipinski definition) is 4. The molecule has 28 heavy (non-hydrogen) atoms. The lowest BCUT2D eigenvalue weighted by Crippen LogP contribution is -2.33. The number of nitrogens with one attached hydrogen (secondary N) is 2. The lowest BCUT2D eigenvalue weighted by atomic mass is 10.1. The molecule has 0 aliphatic rings. The van der Waals surface area contributed by atoms with Crippen LogP contribution in [-0.2, 0) is 9.59 Å². The topological polar surface area (TPSA) is 129 Å². The molecule has 6 N–H and O–H groups in total. The largest absolute Gasteiger partial charge is 0.490 e. The van der Waals surface area contributed by atoms with Gasteiger partial charge in [-0.1, -0.05) is 24.3 Å². The molecule has 2 unspecified atom stereocenters. The summed E-state index contributed by atoms with van der Waals surface area (Å²) in [7, 11) is 0. The Labute approximate surface area is 164 Å². The van der Waals surface area contributed by atoms with Crippen molar-refractivity contribution >= 4 is 11.8 Å². The Morgan fingerprint density at radius 3 is 1.36 bits per heavy atom. The van der Waals surface area contributed by atoms with Gasteiger partial charge in [-0.05, 0) is 49.2 Å². The van der Waals surface area contributed by atoms with Crippen molar-refractivity contribution < 1.29 is 19.1 Å². The molecular weight excluding hydrogens is 360 g/mol. The number of carbonyl (C=O) groups excluding carboxylic acids is 2. The van der Waals surface area contributed by atoms with Gasteiger partial charge in [-0.25, -0.2) is 11.7 Å². The molecule has 0 heterocycles. The van der Waals surface area contributed by atoms with Gasteiger partial charge in [0.15, 0.2) is 0 Å². The van der Waals surface area contributed by atoms with Gasteiger partial charge in [0.25, 0.3) is 0 Å². The molecule has 0 spiro atoms. The number of hydrogen-bond acceptors (Lipinski definition) is 6. The average Bonchev–Trinajstić information content (AvgIpc) is 2.68. The maximum atomic E-state index is 11.3. The van der Waals surface area contributed by atoms with Crippen molar-refractivity contribution in [3.8, 4) is 22.6 Å². The molecule has 0 fully saturated rings. The molecule has 150 valence electrons. The number of ether oxygens (including phenoxy) is 2. The van der Waals surface area contributed by atoms with Crippen LogP contribution in [0.1, 0.15) is 26.7 Å².